The molecular weight excluding hydrogens is 266 g/mol. The molecule has 0 amide bonds. The molecule has 1 aromatic heterocycles. The summed E-state index contributed by atoms with van der Waals surface area (Å²) in [5.41, 5.74) is 4.69. The summed E-state index contributed by atoms with van der Waals surface area (Å²) in [7, 11) is 0. The van der Waals surface area contributed by atoms with Crippen LogP contribution < -0.4 is 0 Å². The molecule has 0 aliphatic heterocycles. The highest BCUT2D eigenvalue weighted by molar-refractivity contribution is 5.73. The van der Waals surface area contributed by atoms with Crippen molar-refractivity contribution in [3.8, 4) is 0 Å². The van der Waals surface area contributed by atoms with Gasteiger partial charge >= 0.3 is 0 Å². The molecule has 0 radical (unpaired) electrons. The number of nitrogens with zero attached hydrogens (tertiary/aromatic N) is 1. The van der Waals surface area contributed by atoms with E-state index in [4.69, 9.17) is 4.98 Å². The first-order valence-corrected chi connectivity index (χ1v) is 8.53. The maximum Gasteiger partial charge on any atom is 0.0406 e. The zero-order valence-electron chi connectivity index (χ0n) is 14.3. The minimum absolute atomic E-state index is 0.832. The van der Waals surface area contributed by atoms with E-state index in [0.29, 0.717) is 0 Å². The number of rotatable bonds is 5. The van der Waals surface area contributed by atoms with Gasteiger partial charge in [-0.2, -0.15) is 0 Å². The summed E-state index contributed by atoms with van der Waals surface area (Å²) in [4.78, 5) is 4.69. The molecule has 1 aliphatic carbocycles. The Kier molecular flexibility index (Phi) is 6.18. The lowest BCUT2D eigenvalue weighted by Gasteiger charge is -2.25. The maximum absolute atomic E-state index is 4.69. The van der Waals surface area contributed by atoms with Crippen molar-refractivity contribution in [3.05, 3.63) is 60.0 Å². The van der Waals surface area contributed by atoms with E-state index in [2.05, 4.69) is 44.7 Å². The zero-order chi connectivity index (χ0) is 15.9. The van der Waals surface area contributed by atoms with Crippen molar-refractivity contribution in [2.24, 2.45) is 11.8 Å². The minimum atomic E-state index is 0.832. The Labute approximate surface area is 135 Å². The molecule has 1 heteroatoms. The van der Waals surface area contributed by atoms with Gasteiger partial charge in [0.05, 0.1) is 0 Å². The average Bonchev–Trinajstić information content (AvgIpc) is 2.51. The van der Waals surface area contributed by atoms with E-state index in [9.17, 15) is 0 Å². The molecular formula is C21H29N. The molecule has 0 atom stereocenters. The molecule has 22 heavy (non-hydrogen) atoms. The number of aromatic nitrogens is 1. The molecule has 2 rings (SSSR count). The van der Waals surface area contributed by atoms with Gasteiger partial charge in [-0.05, 0) is 62.1 Å². The Morgan fingerprint density at radius 2 is 1.95 bits per heavy atom. The summed E-state index contributed by atoms with van der Waals surface area (Å²) in [6, 6.07) is 4.40. The van der Waals surface area contributed by atoms with Gasteiger partial charge in [-0.1, -0.05) is 56.2 Å². The lowest BCUT2D eigenvalue weighted by atomic mass is 9.81. The van der Waals surface area contributed by atoms with Crippen molar-refractivity contribution < 1.29 is 0 Å². The van der Waals surface area contributed by atoms with E-state index < -0.39 is 0 Å². The number of pyridine rings is 1. The molecule has 0 aromatic carbocycles. The third-order valence-corrected chi connectivity index (χ3v) is 4.65. The van der Waals surface area contributed by atoms with Crippen LogP contribution in [-0.4, -0.2) is 4.98 Å². The van der Waals surface area contributed by atoms with E-state index in [-0.39, 0.29) is 0 Å². The number of hydrogen-bond acceptors (Lipinski definition) is 1. The van der Waals surface area contributed by atoms with Crippen molar-refractivity contribution in [3.63, 3.8) is 0 Å². The van der Waals surface area contributed by atoms with Crippen LogP contribution >= 0.6 is 0 Å². The number of allylic oxidation sites excluding steroid dienone is 5. The van der Waals surface area contributed by atoms with Crippen molar-refractivity contribution in [2.45, 2.75) is 52.9 Å². The molecule has 0 spiro atoms. The first-order valence-electron chi connectivity index (χ1n) is 8.53. The summed E-state index contributed by atoms with van der Waals surface area (Å²) in [6.45, 7) is 10.4. The summed E-state index contributed by atoms with van der Waals surface area (Å²) in [6.07, 6.45) is 14.9. The molecule has 1 nitrogen and oxygen atoms in total. The molecule has 0 N–H and O–H groups in total. The van der Waals surface area contributed by atoms with Crippen LogP contribution in [0.4, 0.5) is 0 Å². The largest absolute Gasteiger partial charge is 0.261 e. The molecule has 1 aliphatic rings. The second kappa shape index (κ2) is 8.12. The van der Waals surface area contributed by atoms with Crippen LogP contribution in [0.3, 0.4) is 0 Å². The van der Waals surface area contributed by atoms with Crippen molar-refractivity contribution in [2.75, 3.05) is 0 Å². The Hall–Kier alpha value is -1.63. The van der Waals surface area contributed by atoms with E-state index >= 15 is 0 Å². The fourth-order valence-electron chi connectivity index (χ4n) is 3.14. The van der Waals surface area contributed by atoms with Crippen LogP contribution in [-0.2, 0) is 6.42 Å². The Balaban J connectivity index is 1.99. The molecule has 0 bridgehead atoms. The van der Waals surface area contributed by atoms with Crippen LogP contribution in [0.25, 0.3) is 5.57 Å². The Morgan fingerprint density at radius 3 is 2.50 bits per heavy atom. The molecule has 1 saturated carbocycles. The predicted molar refractivity (Wildman–Crippen MR) is 96.7 cm³/mol. The first-order chi connectivity index (χ1) is 10.6. The molecule has 1 heterocycles. The predicted octanol–water partition coefficient (Wildman–Crippen LogP) is 5.99. The van der Waals surface area contributed by atoms with Gasteiger partial charge in [0, 0.05) is 11.9 Å². The molecule has 1 aromatic rings. The third-order valence-electron chi connectivity index (χ3n) is 4.65. The van der Waals surface area contributed by atoms with Crippen LogP contribution in [0.15, 0.2) is 48.7 Å². The van der Waals surface area contributed by atoms with E-state index in [1.807, 2.05) is 19.2 Å². The van der Waals surface area contributed by atoms with Gasteiger partial charge < -0.3 is 0 Å². The Morgan fingerprint density at radius 1 is 1.23 bits per heavy atom. The van der Waals surface area contributed by atoms with Gasteiger partial charge in [0.15, 0.2) is 0 Å². The van der Waals surface area contributed by atoms with Crippen molar-refractivity contribution in [1.29, 1.82) is 0 Å². The third kappa shape index (κ3) is 4.98. The number of hydrogen-bond donors (Lipinski definition) is 0. The second-order valence-corrected chi connectivity index (χ2v) is 6.79. The smallest absolute Gasteiger partial charge is 0.0406 e. The van der Waals surface area contributed by atoms with Gasteiger partial charge in [-0.3, -0.25) is 4.98 Å². The Bertz CT molecular complexity index is 540. The SMILES string of the molecule is C=C(C)/C=C\C(=C/C)c1ccc(C[C@H]2CC[C@H](C)CC2)nc1. The standard InChI is InChI=1S/C21H29N/c1-5-19(11-6-16(2)3)20-12-13-21(22-15-20)14-18-9-7-17(4)8-10-18/h5-6,11-13,15,17-18H,2,7-10,14H2,1,3-4H3/b11-6-,19-5+/t17-,18-. The first kappa shape index (κ1) is 16.7. The summed E-state index contributed by atoms with van der Waals surface area (Å²) < 4.78 is 0. The fraction of sp³-hybridized carbons (Fsp3) is 0.476. The van der Waals surface area contributed by atoms with Crippen LogP contribution in [0.2, 0.25) is 0 Å². The van der Waals surface area contributed by atoms with Gasteiger partial charge in [-0.15, -0.1) is 0 Å². The van der Waals surface area contributed by atoms with Crippen LogP contribution in [0.5, 0.6) is 0 Å². The van der Waals surface area contributed by atoms with Gasteiger partial charge in [0.2, 0.25) is 0 Å². The molecule has 118 valence electrons. The zero-order valence-corrected chi connectivity index (χ0v) is 14.3. The quantitative estimate of drug-likeness (QED) is 0.608. The highest BCUT2D eigenvalue weighted by Crippen LogP contribution is 2.30. The van der Waals surface area contributed by atoms with Gasteiger partial charge in [0.25, 0.3) is 0 Å². The minimum Gasteiger partial charge on any atom is -0.261 e. The molecule has 0 saturated heterocycles. The summed E-state index contributed by atoms with van der Waals surface area (Å²) in [5.74, 6) is 1.75. The average molecular weight is 295 g/mol. The molecule has 0 unspecified atom stereocenters. The van der Waals surface area contributed by atoms with E-state index in [1.165, 1.54) is 42.5 Å². The topological polar surface area (TPSA) is 12.9 Å². The van der Waals surface area contributed by atoms with Crippen LogP contribution in [0.1, 0.15) is 57.7 Å². The van der Waals surface area contributed by atoms with Crippen molar-refractivity contribution >= 4 is 5.57 Å². The molecule has 1 fully saturated rings. The lowest BCUT2D eigenvalue weighted by molar-refractivity contribution is 0.287. The van der Waals surface area contributed by atoms with E-state index in [0.717, 1.165) is 23.8 Å². The van der Waals surface area contributed by atoms with Gasteiger partial charge in [-0.25, -0.2) is 0 Å². The van der Waals surface area contributed by atoms with E-state index in [1.54, 1.807) is 0 Å². The van der Waals surface area contributed by atoms with Crippen molar-refractivity contribution in [1.82, 2.24) is 4.98 Å². The van der Waals surface area contributed by atoms with Crippen LogP contribution in [0, 0.1) is 11.8 Å². The highest BCUT2D eigenvalue weighted by Gasteiger charge is 2.18. The lowest BCUT2D eigenvalue weighted by Crippen LogP contribution is -2.14. The summed E-state index contributed by atoms with van der Waals surface area (Å²) >= 11 is 0. The van der Waals surface area contributed by atoms with Gasteiger partial charge in [0.1, 0.15) is 0 Å². The normalized spacial score (nSPS) is 23.0. The fourth-order valence-corrected chi connectivity index (χ4v) is 3.14. The summed E-state index contributed by atoms with van der Waals surface area (Å²) in [5, 5.41) is 0. The monoisotopic (exact) mass is 295 g/mol. The second-order valence-electron chi connectivity index (χ2n) is 6.79. The highest BCUT2D eigenvalue weighted by atomic mass is 14.7. The maximum atomic E-state index is 4.69.